The fraction of sp³-hybridized carbons (Fsp3) is 0.0741. The van der Waals surface area contributed by atoms with Crippen LogP contribution in [0.25, 0.3) is 33.4 Å². The predicted octanol–water partition coefficient (Wildman–Crippen LogP) is 6.93. The molecule has 0 unspecified atom stereocenters. The highest BCUT2D eigenvalue weighted by molar-refractivity contribution is 6.30. The Labute approximate surface area is 192 Å². The van der Waals surface area contributed by atoms with E-state index in [2.05, 4.69) is 64.7 Å². The minimum Gasteiger partial charge on any atom is -0.365 e. The van der Waals surface area contributed by atoms with Crippen molar-refractivity contribution in [2.75, 3.05) is 5.32 Å². The molecule has 156 valence electrons. The molecule has 0 amide bonds. The Morgan fingerprint density at radius 3 is 2.28 bits per heavy atom. The van der Waals surface area contributed by atoms with Crippen LogP contribution in [0.2, 0.25) is 5.02 Å². The van der Waals surface area contributed by atoms with E-state index in [1.807, 2.05) is 42.5 Å². The number of anilines is 1. The van der Waals surface area contributed by atoms with Crippen LogP contribution in [0.15, 0.2) is 91.3 Å². The number of nitrogens with zero attached hydrogens (tertiary/aromatic N) is 3. The Kier molecular flexibility index (Phi) is 5.53. The molecule has 5 heteroatoms. The zero-order valence-corrected chi connectivity index (χ0v) is 18.3. The molecule has 2 heterocycles. The van der Waals surface area contributed by atoms with Gasteiger partial charge < -0.3 is 5.32 Å². The second-order valence-electron chi connectivity index (χ2n) is 7.69. The summed E-state index contributed by atoms with van der Waals surface area (Å²) >= 11 is 6.16. The number of nitrogens with one attached hydrogen (secondary N) is 1. The molecule has 5 rings (SSSR count). The maximum atomic E-state index is 6.16. The van der Waals surface area contributed by atoms with E-state index in [-0.39, 0.29) is 0 Å². The van der Waals surface area contributed by atoms with E-state index in [0.29, 0.717) is 17.2 Å². The fourth-order valence-corrected chi connectivity index (χ4v) is 3.84. The normalized spacial score (nSPS) is 10.9. The third-order valence-corrected chi connectivity index (χ3v) is 5.66. The molecule has 0 atom stereocenters. The third kappa shape index (κ3) is 4.18. The van der Waals surface area contributed by atoms with E-state index < -0.39 is 0 Å². The summed E-state index contributed by atoms with van der Waals surface area (Å²) in [7, 11) is 0. The predicted molar refractivity (Wildman–Crippen MR) is 132 cm³/mol. The number of pyridine rings is 1. The van der Waals surface area contributed by atoms with Gasteiger partial charge in [0.25, 0.3) is 0 Å². The zero-order chi connectivity index (χ0) is 21.9. The van der Waals surface area contributed by atoms with Gasteiger partial charge in [0.2, 0.25) is 0 Å². The molecule has 5 aromatic rings. The maximum absolute atomic E-state index is 6.16. The van der Waals surface area contributed by atoms with Crippen molar-refractivity contribution in [3.63, 3.8) is 0 Å². The Bertz CT molecular complexity index is 1370. The Morgan fingerprint density at radius 2 is 1.53 bits per heavy atom. The molecule has 0 bridgehead atoms. The molecule has 0 aliphatic heterocycles. The lowest BCUT2D eigenvalue weighted by Crippen LogP contribution is -2.04. The van der Waals surface area contributed by atoms with Crippen LogP contribution in [0, 0.1) is 6.92 Å². The number of halogens is 1. The topological polar surface area (TPSA) is 50.7 Å². The van der Waals surface area contributed by atoms with Gasteiger partial charge in [-0.1, -0.05) is 83.9 Å². The molecule has 1 N–H and O–H groups in total. The summed E-state index contributed by atoms with van der Waals surface area (Å²) < 4.78 is 0. The molecular weight excluding hydrogens is 416 g/mol. The number of aryl methyl sites for hydroxylation is 1. The lowest BCUT2D eigenvalue weighted by molar-refractivity contribution is 1.10. The van der Waals surface area contributed by atoms with Gasteiger partial charge in [-0.05, 0) is 41.8 Å². The summed E-state index contributed by atoms with van der Waals surface area (Å²) in [6.45, 7) is 2.74. The molecule has 0 saturated carbocycles. The standard InChI is InChI=1S/C27H21ClN4/c1-18-7-9-21(10-8-18)24-15-23(20-11-13-22(28)14-12-20)25-26(30-17-31-27(25)32-24)29-16-19-5-3-2-4-6-19/h2-15,17H,16H2,1H3,(H,29,30,31,32). The zero-order valence-electron chi connectivity index (χ0n) is 17.6. The van der Waals surface area contributed by atoms with Crippen LogP contribution in [-0.2, 0) is 6.54 Å². The van der Waals surface area contributed by atoms with E-state index in [4.69, 9.17) is 16.6 Å². The molecule has 0 fully saturated rings. The molecule has 4 nitrogen and oxygen atoms in total. The van der Waals surface area contributed by atoms with Gasteiger partial charge >= 0.3 is 0 Å². The summed E-state index contributed by atoms with van der Waals surface area (Å²) in [5.74, 6) is 0.756. The number of aromatic nitrogens is 3. The van der Waals surface area contributed by atoms with E-state index in [9.17, 15) is 0 Å². The molecule has 0 spiro atoms. The highest BCUT2D eigenvalue weighted by Crippen LogP contribution is 2.35. The Hall–Kier alpha value is -3.76. The average Bonchev–Trinajstić information content (AvgIpc) is 2.83. The molecular formula is C27H21ClN4. The monoisotopic (exact) mass is 436 g/mol. The van der Waals surface area contributed by atoms with E-state index >= 15 is 0 Å². The first-order chi connectivity index (χ1) is 15.7. The number of fused-ring (bicyclic) bond motifs is 1. The van der Waals surface area contributed by atoms with Crippen LogP contribution in [0.4, 0.5) is 5.82 Å². The highest BCUT2D eigenvalue weighted by atomic mass is 35.5. The van der Waals surface area contributed by atoms with Crippen molar-refractivity contribution in [1.29, 1.82) is 0 Å². The summed E-state index contributed by atoms with van der Waals surface area (Å²) in [4.78, 5) is 13.9. The SMILES string of the molecule is Cc1ccc(-c2cc(-c3ccc(Cl)cc3)c3c(NCc4ccccc4)ncnc3n2)cc1. The third-order valence-electron chi connectivity index (χ3n) is 5.41. The molecule has 0 aliphatic rings. The van der Waals surface area contributed by atoms with Crippen molar-refractivity contribution in [3.05, 3.63) is 107 Å². The Balaban J connectivity index is 1.67. The second-order valence-corrected chi connectivity index (χ2v) is 8.12. The lowest BCUT2D eigenvalue weighted by Gasteiger charge is -2.14. The molecule has 0 radical (unpaired) electrons. The number of hydrogen-bond acceptors (Lipinski definition) is 4. The van der Waals surface area contributed by atoms with Gasteiger partial charge in [-0.15, -0.1) is 0 Å². The van der Waals surface area contributed by atoms with E-state index in [1.165, 1.54) is 11.1 Å². The minimum absolute atomic E-state index is 0.651. The van der Waals surface area contributed by atoms with Gasteiger partial charge in [-0.3, -0.25) is 0 Å². The van der Waals surface area contributed by atoms with Gasteiger partial charge in [0.1, 0.15) is 12.1 Å². The number of rotatable bonds is 5. The summed E-state index contributed by atoms with van der Waals surface area (Å²) in [6.07, 6.45) is 1.56. The quantitative estimate of drug-likeness (QED) is 0.324. The van der Waals surface area contributed by atoms with Crippen LogP contribution >= 0.6 is 11.6 Å². The lowest BCUT2D eigenvalue weighted by atomic mass is 9.99. The molecule has 3 aromatic carbocycles. The number of hydrogen-bond donors (Lipinski definition) is 1. The first kappa shape index (κ1) is 20.2. The summed E-state index contributed by atoms with van der Waals surface area (Å²) in [5.41, 5.74) is 7.00. The molecule has 2 aromatic heterocycles. The van der Waals surface area contributed by atoms with Crippen LogP contribution in [0.5, 0.6) is 0 Å². The summed E-state index contributed by atoms with van der Waals surface area (Å²) in [5, 5.41) is 5.06. The number of benzene rings is 3. The maximum Gasteiger partial charge on any atom is 0.165 e. The second kappa shape index (κ2) is 8.77. The molecule has 0 saturated heterocycles. The van der Waals surface area contributed by atoms with Gasteiger partial charge in [0, 0.05) is 17.1 Å². The van der Waals surface area contributed by atoms with Crippen molar-refractivity contribution in [2.45, 2.75) is 13.5 Å². The van der Waals surface area contributed by atoms with Crippen molar-refractivity contribution >= 4 is 28.5 Å². The average molecular weight is 437 g/mol. The van der Waals surface area contributed by atoms with Crippen molar-refractivity contribution in [3.8, 4) is 22.4 Å². The van der Waals surface area contributed by atoms with Crippen LogP contribution in [0.1, 0.15) is 11.1 Å². The van der Waals surface area contributed by atoms with Crippen LogP contribution in [0.3, 0.4) is 0 Å². The van der Waals surface area contributed by atoms with Gasteiger partial charge in [-0.25, -0.2) is 15.0 Å². The van der Waals surface area contributed by atoms with E-state index in [0.717, 1.165) is 33.6 Å². The minimum atomic E-state index is 0.651. The first-order valence-corrected chi connectivity index (χ1v) is 10.8. The van der Waals surface area contributed by atoms with Crippen LogP contribution in [-0.4, -0.2) is 15.0 Å². The van der Waals surface area contributed by atoms with Crippen molar-refractivity contribution < 1.29 is 0 Å². The van der Waals surface area contributed by atoms with Gasteiger partial charge in [-0.2, -0.15) is 0 Å². The van der Waals surface area contributed by atoms with E-state index in [1.54, 1.807) is 6.33 Å². The largest absolute Gasteiger partial charge is 0.365 e. The summed E-state index contributed by atoms with van der Waals surface area (Å²) in [6, 6.07) is 28.6. The van der Waals surface area contributed by atoms with Gasteiger partial charge in [0.05, 0.1) is 11.1 Å². The first-order valence-electron chi connectivity index (χ1n) is 10.4. The van der Waals surface area contributed by atoms with Gasteiger partial charge in [0.15, 0.2) is 5.65 Å². The Morgan fingerprint density at radius 1 is 0.812 bits per heavy atom. The smallest absolute Gasteiger partial charge is 0.165 e. The van der Waals surface area contributed by atoms with Crippen LogP contribution < -0.4 is 5.32 Å². The fourth-order valence-electron chi connectivity index (χ4n) is 3.71. The van der Waals surface area contributed by atoms with Crippen molar-refractivity contribution in [1.82, 2.24) is 15.0 Å². The van der Waals surface area contributed by atoms with Crippen molar-refractivity contribution in [2.24, 2.45) is 0 Å². The highest BCUT2D eigenvalue weighted by Gasteiger charge is 2.15. The molecule has 0 aliphatic carbocycles. The molecule has 32 heavy (non-hydrogen) atoms.